The summed E-state index contributed by atoms with van der Waals surface area (Å²) in [4.78, 5) is 23.8. The monoisotopic (exact) mass is 404 g/mol. The van der Waals surface area contributed by atoms with Crippen molar-refractivity contribution in [1.82, 2.24) is 5.32 Å². The third-order valence-corrected chi connectivity index (χ3v) is 4.83. The highest BCUT2D eigenvalue weighted by atomic mass is 16.5. The number of fused-ring (bicyclic) bond motifs is 1. The van der Waals surface area contributed by atoms with Crippen molar-refractivity contribution in [2.45, 2.75) is 12.8 Å². The van der Waals surface area contributed by atoms with E-state index in [4.69, 9.17) is 9.47 Å². The zero-order valence-electron chi connectivity index (χ0n) is 16.6. The summed E-state index contributed by atoms with van der Waals surface area (Å²) < 4.78 is 11.2. The normalized spacial score (nSPS) is 12.9. The molecular weight excluding hydrogens is 380 g/mol. The molecular formula is C24H24N2O4. The molecule has 0 radical (unpaired) electrons. The number of carbonyl (C=O) groups excluding carboxylic acids is 2. The molecule has 3 aromatic carbocycles. The first-order valence-electron chi connectivity index (χ1n) is 10.1. The lowest BCUT2D eigenvalue weighted by Gasteiger charge is -2.10. The van der Waals surface area contributed by atoms with Crippen LogP contribution in [0, 0.1) is 5.92 Å². The predicted octanol–water partition coefficient (Wildman–Crippen LogP) is 3.76. The van der Waals surface area contributed by atoms with Crippen LogP contribution < -0.4 is 20.1 Å². The molecule has 0 unspecified atom stereocenters. The number of carbonyl (C=O) groups is 2. The Labute approximate surface area is 175 Å². The first kappa shape index (κ1) is 19.8. The lowest BCUT2D eigenvalue weighted by atomic mass is 10.1. The fourth-order valence-corrected chi connectivity index (χ4v) is 3.07. The number of rotatable bonds is 9. The van der Waals surface area contributed by atoms with E-state index in [1.807, 2.05) is 36.4 Å². The van der Waals surface area contributed by atoms with Crippen molar-refractivity contribution in [2.75, 3.05) is 25.1 Å². The van der Waals surface area contributed by atoms with Crippen LogP contribution >= 0.6 is 0 Å². The van der Waals surface area contributed by atoms with Gasteiger partial charge in [0, 0.05) is 17.7 Å². The van der Waals surface area contributed by atoms with Gasteiger partial charge in [-0.2, -0.15) is 0 Å². The molecule has 0 aliphatic heterocycles. The summed E-state index contributed by atoms with van der Waals surface area (Å²) in [7, 11) is 0. The fourth-order valence-electron chi connectivity index (χ4n) is 3.07. The SMILES string of the molecule is O=C(COc1cccc(NC(=O)C2CC2)c1)NCCOc1ccc2ccccc2c1. The van der Waals surface area contributed by atoms with Crippen LogP contribution in [0.3, 0.4) is 0 Å². The molecule has 0 atom stereocenters. The summed E-state index contributed by atoms with van der Waals surface area (Å²) in [5.74, 6) is 1.24. The lowest BCUT2D eigenvalue weighted by Crippen LogP contribution is -2.32. The molecule has 2 N–H and O–H groups in total. The topological polar surface area (TPSA) is 76.7 Å². The average Bonchev–Trinajstić information content (AvgIpc) is 3.61. The molecule has 0 heterocycles. The average molecular weight is 404 g/mol. The Morgan fingerprint density at radius 3 is 2.50 bits per heavy atom. The van der Waals surface area contributed by atoms with E-state index in [0.717, 1.165) is 29.4 Å². The zero-order chi connectivity index (χ0) is 20.8. The summed E-state index contributed by atoms with van der Waals surface area (Å²) in [6.07, 6.45) is 1.90. The van der Waals surface area contributed by atoms with Gasteiger partial charge in [0.15, 0.2) is 6.61 Å². The van der Waals surface area contributed by atoms with Gasteiger partial charge >= 0.3 is 0 Å². The minimum Gasteiger partial charge on any atom is -0.492 e. The van der Waals surface area contributed by atoms with Gasteiger partial charge in [-0.05, 0) is 47.9 Å². The number of amides is 2. The van der Waals surface area contributed by atoms with Gasteiger partial charge in [0.25, 0.3) is 5.91 Å². The van der Waals surface area contributed by atoms with Crippen molar-refractivity contribution in [3.8, 4) is 11.5 Å². The molecule has 6 nitrogen and oxygen atoms in total. The lowest BCUT2D eigenvalue weighted by molar-refractivity contribution is -0.123. The van der Waals surface area contributed by atoms with Crippen molar-refractivity contribution in [1.29, 1.82) is 0 Å². The number of benzene rings is 3. The molecule has 1 aliphatic rings. The molecule has 6 heteroatoms. The third-order valence-electron chi connectivity index (χ3n) is 4.83. The summed E-state index contributed by atoms with van der Waals surface area (Å²) in [6, 6.07) is 21.0. The van der Waals surface area contributed by atoms with Crippen molar-refractivity contribution in [3.63, 3.8) is 0 Å². The highest BCUT2D eigenvalue weighted by Crippen LogP contribution is 2.30. The van der Waals surface area contributed by atoms with Crippen LogP contribution in [0.2, 0.25) is 0 Å². The van der Waals surface area contributed by atoms with Gasteiger partial charge in [-0.25, -0.2) is 0 Å². The second kappa shape index (κ2) is 9.31. The Hall–Kier alpha value is -3.54. The van der Waals surface area contributed by atoms with Crippen molar-refractivity contribution in [2.24, 2.45) is 5.92 Å². The second-order valence-electron chi connectivity index (χ2n) is 7.29. The fraction of sp³-hybridized carbons (Fsp3) is 0.250. The van der Waals surface area contributed by atoms with E-state index < -0.39 is 0 Å². The van der Waals surface area contributed by atoms with Gasteiger partial charge in [-0.3, -0.25) is 9.59 Å². The molecule has 0 spiro atoms. The minimum atomic E-state index is -0.232. The molecule has 0 aromatic heterocycles. The molecule has 30 heavy (non-hydrogen) atoms. The maximum absolute atomic E-state index is 12.0. The zero-order valence-corrected chi connectivity index (χ0v) is 16.6. The van der Waals surface area contributed by atoms with E-state index in [1.165, 1.54) is 0 Å². The molecule has 154 valence electrons. The molecule has 3 aromatic rings. The molecule has 2 amide bonds. The number of hydrogen-bond acceptors (Lipinski definition) is 4. The van der Waals surface area contributed by atoms with Crippen LogP contribution in [0.25, 0.3) is 10.8 Å². The van der Waals surface area contributed by atoms with Gasteiger partial charge < -0.3 is 20.1 Å². The van der Waals surface area contributed by atoms with Crippen LogP contribution in [-0.2, 0) is 9.59 Å². The predicted molar refractivity (Wildman–Crippen MR) is 116 cm³/mol. The Morgan fingerprint density at radius 1 is 0.867 bits per heavy atom. The summed E-state index contributed by atoms with van der Waals surface area (Å²) in [6.45, 7) is 0.648. The van der Waals surface area contributed by atoms with Crippen LogP contribution in [0.1, 0.15) is 12.8 Å². The maximum atomic E-state index is 12.0. The summed E-state index contributed by atoms with van der Waals surface area (Å²) in [5.41, 5.74) is 0.675. The maximum Gasteiger partial charge on any atom is 0.258 e. The Balaban J connectivity index is 1.17. The molecule has 1 aliphatic carbocycles. The van der Waals surface area contributed by atoms with E-state index in [9.17, 15) is 9.59 Å². The van der Waals surface area contributed by atoms with E-state index >= 15 is 0 Å². The molecule has 4 rings (SSSR count). The molecule has 1 saturated carbocycles. The van der Waals surface area contributed by atoms with Crippen LogP contribution in [0.4, 0.5) is 5.69 Å². The van der Waals surface area contributed by atoms with Crippen molar-refractivity contribution < 1.29 is 19.1 Å². The highest BCUT2D eigenvalue weighted by molar-refractivity contribution is 5.94. The number of ether oxygens (including phenoxy) is 2. The summed E-state index contributed by atoms with van der Waals surface area (Å²) in [5, 5.41) is 7.91. The van der Waals surface area contributed by atoms with Crippen LogP contribution in [0.15, 0.2) is 66.7 Å². The second-order valence-corrected chi connectivity index (χ2v) is 7.29. The van der Waals surface area contributed by atoms with E-state index in [1.54, 1.807) is 24.3 Å². The van der Waals surface area contributed by atoms with E-state index in [2.05, 4.69) is 16.7 Å². The van der Waals surface area contributed by atoms with Gasteiger partial charge in [-0.1, -0.05) is 36.4 Å². The first-order valence-corrected chi connectivity index (χ1v) is 10.1. The van der Waals surface area contributed by atoms with Gasteiger partial charge in [0.1, 0.15) is 18.1 Å². The Kier molecular flexibility index (Phi) is 6.13. The van der Waals surface area contributed by atoms with Gasteiger partial charge in [0.05, 0.1) is 6.54 Å². The van der Waals surface area contributed by atoms with Crippen LogP contribution in [0.5, 0.6) is 11.5 Å². The third kappa shape index (κ3) is 5.50. The molecule has 1 fully saturated rings. The van der Waals surface area contributed by atoms with Crippen LogP contribution in [-0.4, -0.2) is 31.6 Å². The van der Waals surface area contributed by atoms with Gasteiger partial charge in [-0.15, -0.1) is 0 Å². The first-order chi connectivity index (χ1) is 14.7. The minimum absolute atomic E-state index is 0.0382. The quantitative estimate of drug-likeness (QED) is 0.533. The standard InChI is InChI=1S/C24H24N2O4/c27-23(16-30-21-7-3-6-20(15-21)26-24(28)18-8-9-18)25-12-13-29-22-11-10-17-4-1-2-5-19(17)14-22/h1-7,10-11,14-15,18H,8-9,12-13,16H2,(H,25,27)(H,26,28). The van der Waals surface area contributed by atoms with Gasteiger partial charge in [0.2, 0.25) is 5.91 Å². The Morgan fingerprint density at radius 2 is 1.67 bits per heavy atom. The summed E-state index contributed by atoms with van der Waals surface area (Å²) >= 11 is 0. The largest absolute Gasteiger partial charge is 0.492 e. The molecule has 0 saturated heterocycles. The number of anilines is 1. The highest BCUT2D eigenvalue weighted by Gasteiger charge is 2.29. The number of nitrogens with one attached hydrogen (secondary N) is 2. The molecule has 0 bridgehead atoms. The van der Waals surface area contributed by atoms with Crippen molar-refractivity contribution >= 4 is 28.3 Å². The smallest absolute Gasteiger partial charge is 0.258 e. The Bertz CT molecular complexity index is 1050. The van der Waals surface area contributed by atoms with E-state index in [-0.39, 0.29) is 24.3 Å². The number of hydrogen-bond donors (Lipinski definition) is 2. The van der Waals surface area contributed by atoms with Crippen molar-refractivity contribution in [3.05, 3.63) is 66.7 Å². The van der Waals surface area contributed by atoms with E-state index in [0.29, 0.717) is 24.6 Å².